The van der Waals surface area contributed by atoms with E-state index in [9.17, 15) is 9.59 Å². The molecule has 0 aliphatic heterocycles. The zero-order chi connectivity index (χ0) is 14.4. The van der Waals surface area contributed by atoms with E-state index in [2.05, 4.69) is 5.32 Å². The molecule has 1 fully saturated rings. The monoisotopic (exact) mass is 273 g/mol. The molecule has 4 nitrogen and oxygen atoms in total. The van der Waals surface area contributed by atoms with Gasteiger partial charge in [-0.25, -0.2) is 0 Å². The Morgan fingerprint density at radius 1 is 1.20 bits per heavy atom. The van der Waals surface area contributed by atoms with Crippen molar-refractivity contribution in [1.82, 2.24) is 5.32 Å². The van der Waals surface area contributed by atoms with Crippen LogP contribution < -0.4 is 11.1 Å². The molecule has 1 aliphatic carbocycles. The fourth-order valence-electron chi connectivity index (χ4n) is 2.65. The molecule has 107 valence electrons. The number of hydrogen-bond donors (Lipinski definition) is 2. The van der Waals surface area contributed by atoms with Gasteiger partial charge < -0.3 is 11.1 Å². The summed E-state index contributed by atoms with van der Waals surface area (Å²) >= 11 is 0. The van der Waals surface area contributed by atoms with Crippen molar-refractivity contribution >= 4 is 11.8 Å². The van der Waals surface area contributed by atoms with E-state index in [1.165, 1.54) is 19.3 Å². The number of nitrogens with one attached hydrogen (secondary N) is 1. The van der Waals surface area contributed by atoms with Crippen LogP contribution in [0.15, 0.2) is 24.3 Å². The van der Waals surface area contributed by atoms with Crippen molar-refractivity contribution < 1.29 is 9.59 Å². The number of benzene rings is 1. The maximum Gasteiger partial charge on any atom is 0.248 e. The first-order chi connectivity index (χ1) is 9.66. The van der Waals surface area contributed by atoms with E-state index in [1.54, 1.807) is 18.6 Å². The Balaban J connectivity index is 1.85. The molecule has 0 heterocycles. The summed E-state index contributed by atoms with van der Waals surface area (Å²) < 4.78 is 0. The highest BCUT2D eigenvalue weighted by Crippen LogP contribution is 2.17. The van der Waals surface area contributed by atoms with Crippen LogP contribution in [0.3, 0.4) is 0 Å². The fraction of sp³-hybridized carbons (Fsp3) is 0.438. The number of carbonyl (C=O) groups excluding carboxylic acids is 2. The van der Waals surface area contributed by atoms with Gasteiger partial charge in [0.25, 0.3) is 0 Å². The molecular weight excluding hydrogens is 252 g/mol. The smallest absolute Gasteiger partial charge is 0.248 e. The van der Waals surface area contributed by atoms with Crippen LogP contribution in [0.1, 0.15) is 48.0 Å². The van der Waals surface area contributed by atoms with Crippen molar-refractivity contribution in [3.05, 3.63) is 41.8 Å². The summed E-state index contributed by atoms with van der Waals surface area (Å²) in [5.41, 5.74) is 6.59. The van der Waals surface area contributed by atoms with Gasteiger partial charge in [0.2, 0.25) is 11.8 Å². The molecule has 1 aromatic carbocycles. The van der Waals surface area contributed by atoms with Crippen molar-refractivity contribution in [3.63, 3.8) is 0 Å². The van der Waals surface area contributed by atoms with Crippen LogP contribution in [0.2, 0.25) is 0 Å². The molecule has 1 aromatic rings. The first kappa shape index (κ1) is 14.6. The second kappa shape index (κ2) is 7.08. The lowest BCUT2D eigenvalue weighted by atomic mass is 9.95. The molecule has 2 rings (SSSR count). The summed E-state index contributed by atoms with van der Waals surface area (Å²) in [4.78, 5) is 23.2. The molecule has 2 amide bonds. The molecular formula is C16H21N2O2. The third-order valence-corrected chi connectivity index (χ3v) is 3.74. The van der Waals surface area contributed by atoms with E-state index in [0.717, 1.165) is 18.4 Å². The quantitative estimate of drug-likeness (QED) is 0.861. The van der Waals surface area contributed by atoms with Crippen LogP contribution >= 0.6 is 0 Å². The number of carbonyl (C=O) groups is 2. The molecule has 0 aromatic heterocycles. The van der Waals surface area contributed by atoms with Crippen LogP contribution in [0.25, 0.3) is 0 Å². The summed E-state index contributed by atoms with van der Waals surface area (Å²) in [5.74, 6) is -0.516. The van der Waals surface area contributed by atoms with E-state index in [0.29, 0.717) is 18.0 Å². The third-order valence-electron chi connectivity index (χ3n) is 3.74. The maximum atomic E-state index is 11.9. The van der Waals surface area contributed by atoms with Crippen LogP contribution in [0.4, 0.5) is 0 Å². The minimum atomic E-state index is -0.457. The minimum absolute atomic E-state index is 0.0591. The minimum Gasteiger partial charge on any atom is -0.366 e. The molecule has 1 radical (unpaired) electrons. The van der Waals surface area contributed by atoms with Gasteiger partial charge in [-0.2, -0.15) is 0 Å². The normalized spacial score (nSPS) is 15.8. The van der Waals surface area contributed by atoms with Gasteiger partial charge in [0.1, 0.15) is 0 Å². The highest BCUT2D eigenvalue weighted by atomic mass is 16.2. The lowest BCUT2D eigenvalue weighted by Gasteiger charge is -2.22. The molecule has 0 atom stereocenters. The average Bonchev–Trinajstić information content (AvgIpc) is 2.46. The SMILES string of the molecule is NC(=O)c1ccccc1C[CH]C(=O)NC1CCCCC1. The Labute approximate surface area is 119 Å². The molecule has 0 bridgehead atoms. The van der Waals surface area contributed by atoms with Crippen LogP contribution in [-0.2, 0) is 11.2 Å². The Hall–Kier alpha value is -1.84. The highest BCUT2D eigenvalue weighted by Gasteiger charge is 2.16. The van der Waals surface area contributed by atoms with Crippen LogP contribution in [0.5, 0.6) is 0 Å². The summed E-state index contributed by atoms with van der Waals surface area (Å²) in [7, 11) is 0. The predicted molar refractivity (Wildman–Crippen MR) is 78.0 cm³/mol. The molecule has 1 saturated carbocycles. The zero-order valence-electron chi connectivity index (χ0n) is 11.6. The number of hydrogen-bond acceptors (Lipinski definition) is 2. The molecule has 1 aliphatic rings. The summed E-state index contributed by atoms with van der Waals surface area (Å²) in [5, 5.41) is 3.03. The number of rotatable bonds is 5. The second-order valence-corrected chi connectivity index (χ2v) is 5.27. The van der Waals surface area contributed by atoms with Gasteiger partial charge in [0, 0.05) is 11.6 Å². The van der Waals surface area contributed by atoms with Crippen molar-refractivity contribution in [2.45, 2.75) is 44.6 Å². The van der Waals surface area contributed by atoms with E-state index in [-0.39, 0.29) is 5.91 Å². The van der Waals surface area contributed by atoms with E-state index >= 15 is 0 Å². The Kier molecular flexibility index (Phi) is 5.16. The van der Waals surface area contributed by atoms with Gasteiger partial charge in [0.05, 0.1) is 6.42 Å². The fourth-order valence-corrected chi connectivity index (χ4v) is 2.65. The lowest BCUT2D eigenvalue weighted by molar-refractivity contribution is -0.118. The molecule has 20 heavy (non-hydrogen) atoms. The molecule has 3 N–H and O–H groups in total. The van der Waals surface area contributed by atoms with E-state index in [4.69, 9.17) is 5.73 Å². The zero-order valence-corrected chi connectivity index (χ0v) is 11.6. The Morgan fingerprint density at radius 2 is 1.90 bits per heavy atom. The number of amides is 2. The van der Waals surface area contributed by atoms with E-state index in [1.807, 2.05) is 12.1 Å². The summed E-state index contributed by atoms with van der Waals surface area (Å²) in [6, 6.07) is 7.42. The van der Waals surface area contributed by atoms with Crippen molar-refractivity contribution in [2.24, 2.45) is 5.73 Å². The van der Waals surface area contributed by atoms with E-state index < -0.39 is 5.91 Å². The highest BCUT2D eigenvalue weighted by molar-refractivity contribution is 5.94. The standard InChI is InChI=1S/C16H21N2O2/c17-16(20)14-9-5-4-6-12(14)10-11-15(19)18-13-7-2-1-3-8-13/h4-6,9,11,13H,1-3,7-8,10H2,(H2,17,20)(H,18,19). The van der Waals surface area contributed by atoms with Gasteiger partial charge in [-0.3, -0.25) is 9.59 Å². The van der Waals surface area contributed by atoms with Gasteiger partial charge in [-0.15, -0.1) is 0 Å². The summed E-state index contributed by atoms with van der Waals surface area (Å²) in [6.45, 7) is 0. The average molecular weight is 273 g/mol. The second-order valence-electron chi connectivity index (χ2n) is 5.27. The van der Waals surface area contributed by atoms with Crippen molar-refractivity contribution in [1.29, 1.82) is 0 Å². The van der Waals surface area contributed by atoms with Gasteiger partial charge in [0.15, 0.2) is 0 Å². The molecule has 0 spiro atoms. The van der Waals surface area contributed by atoms with Gasteiger partial charge in [-0.05, 0) is 30.9 Å². The predicted octanol–water partition coefficient (Wildman–Crippen LogP) is 1.98. The Bertz CT molecular complexity index is 479. The summed E-state index contributed by atoms with van der Waals surface area (Å²) in [6.07, 6.45) is 7.80. The third kappa shape index (κ3) is 4.08. The molecule has 4 heteroatoms. The van der Waals surface area contributed by atoms with Crippen LogP contribution in [0, 0.1) is 6.42 Å². The van der Waals surface area contributed by atoms with Gasteiger partial charge in [-0.1, -0.05) is 37.5 Å². The molecule has 0 saturated heterocycles. The lowest BCUT2D eigenvalue weighted by Crippen LogP contribution is -2.36. The van der Waals surface area contributed by atoms with Gasteiger partial charge >= 0.3 is 0 Å². The number of nitrogens with two attached hydrogens (primary N) is 1. The first-order valence-electron chi connectivity index (χ1n) is 7.18. The maximum absolute atomic E-state index is 11.9. The first-order valence-corrected chi connectivity index (χ1v) is 7.18. The van der Waals surface area contributed by atoms with Crippen molar-refractivity contribution in [2.75, 3.05) is 0 Å². The molecule has 0 unspecified atom stereocenters. The Morgan fingerprint density at radius 3 is 2.60 bits per heavy atom. The largest absolute Gasteiger partial charge is 0.366 e. The number of primary amides is 1. The van der Waals surface area contributed by atoms with Crippen LogP contribution in [-0.4, -0.2) is 17.9 Å². The van der Waals surface area contributed by atoms with Crippen molar-refractivity contribution in [3.8, 4) is 0 Å². The topological polar surface area (TPSA) is 72.2 Å².